The molecule has 1 aliphatic rings. The highest BCUT2D eigenvalue weighted by molar-refractivity contribution is 5.99. The van der Waals surface area contributed by atoms with Crippen LogP contribution in [0.15, 0.2) is 35.0 Å². The van der Waals surface area contributed by atoms with E-state index in [4.69, 9.17) is 4.52 Å². The molecule has 1 N–H and O–H groups in total. The number of benzene rings is 1. The molecule has 8 heteroatoms. The number of aryl methyl sites for hydroxylation is 1. The lowest BCUT2D eigenvalue weighted by Crippen LogP contribution is -2.28. The van der Waals surface area contributed by atoms with Crippen molar-refractivity contribution in [2.75, 3.05) is 13.1 Å². The van der Waals surface area contributed by atoms with Crippen LogP contribution in [-0.2, 0) is 0 Å². The minimum atomic E-state index is -0.326. The van der Waals surface area contributed by atoms with Gasteiger partial charge in [0.05, 0.1) is 23.4 Å². The van der Waals surface area contributed by atoms with Gasteiger partial charge in [-0.2, -0.15) is 10.1 Å². The topological polar surface area (TPSA) is 87.9 Å². The monoisotopic (exact) mass is 341 g/mol. The molecule has 1 amide bonds. The van der Waals surface area contributed by atoms with Crippen LogP contribution in [0.3, 0.4) is 0 Å². The smallest absolute Gasteiger partial charge is 0.257 e. The maximum absolute atomic E-state index is 13.1. The Labute approximate surface area is 142 Å². The zero-order chi connectivity index (χ0) is 17.4. The summed E-state index contributed by atoms with van der Waals surface area (Å²) in [6.07, 6.45) is 2.28. The molecule has 4 rings (SSSR count). The van der Waals surface area contributed by atoms with Gasteiger partial charge in [0.2, 0.25) is 5.89 Å². The first-order chi connectivity index (χ1) is 12.1. The van der Waals surface area contributed by atoms with Crippen molar-refractivity contribution in [2.45, 2.75) is 19.3 Å². The highest BCUT2D eigenvalue weighted by Gasteiger charge is 2.32. The van der Waals surface area contributed by atoms with E-state index >= 15 is 0 Å². The summed E-state index contributed by atoms with van der Waals surface area (Å²) in [5, 5.41) is 10.6. The van der Waals surface area contributed by atoms with Crippen LogP contribution in [-0.4, -0.2) is 44.2 Å². The third kappa shape index (κ3) is 2.90. The van der Waals surface area contributed by atoms with E-state index in [1.165, 1.54) is 18.3 Å². The summed E-state index contributed by atoms with van der Waals surface area (Å²) >= 11 is 0. The number of hydrogen-bond donors (Lipinski definition) is 1. The van der Waals surface area contributed by atoms with E-state index in [1.54, 1.807) is 24.0 Å². The van der Waals surface area contributed by atoms with Gasteiger partial charge in [0.1, 0.15) is 5.82 Å². The lowest BCUT2D eigenvalue weighted by molar-refractivity contribution is 0.0790. The summed E-state index contributed by atoms with van der Waals surface area (Å²) < 4.78 is 18.3. The Morgan fingerprint density at radius 3 is 2.88 bits per heavy atom. The van der Waals surface area contributed by atoms with Crippen molar-refractivity contribution in [1.82, 2.24) is 25.2 Å². The zero-order valence-corrected chi connectivity index (χ0v) is 13.6. The summed E-state index contributed by atoms with van der Waals surface area (Å²) in [5.41, 5.74) is 1.77. The van der Waals surface area contributed by atoms with Crippen molar-refractivity contribution < 1.29 is 13.7 Å². The molecule has 0 aliphatic carbocycles. The molecule has 25 heavy (non-hydrogen) atoms. The molecule has 1 atom stereocenters. The average Bonchev–Trinajstić information content (AvgIpc) is 3.35. The number of likely N-dealkylation sites (tertiary alicyclic amines) is 1. The molecule has 1 aliphatic heterocycles. The largest absolute Gasteiger partial charge is 0.339 e. The quantitative estimate of drug-likeness (QED) is 0.791. The van der Waals surface area contributed by atoms with Gasteiger partial charge in [-0.05, 0) is 37.6 Å². The van der Waals surface area contributed by atoms with Gasteiger partial charge in [-0.3, -0.25) is 9.89 Å². The van der Waals surface area contributed by atoms with E-state index in [0.29, 0.717) is 41.6 Å². The summed E-state index contributed by atoms with van der Waals surface area (Å²) in [5.74, 6) is 0.762. The van der Waals surface area contributed by atoms with Gasteiger partial charge in [0.15, 0.2) is 5.82 Å². The second kappa shape index (κ2) is 6.12. The predicted octanol–water partition coefficient (Wildman–Crippen LogP) is 2.54. The first kappa shape index (κ1) is 15.5. The number of halogens is 1. The Morgan fingerprint density at radius 2 is 2.16 bits per heavy atom. The van der Waals surface area contributed by atoms with Crippen LogP contribution in [0.1, 0.15) is 34.4 Å². The molecule has 0 saturated carbocycles. The molecule has 1 unspecified atom stereocenters. The molecular formula is C17H16FN5O2. The second-order valence-corrected chi connectivity index (χ2v) is 6.08. The van der Waals surface area contributed by atoms with Crippen molar-refractivity contribution in [3.63, 3.8) is 0 Å². The van der Waals surface area contributed by atoms with Gasteiger partial charge in [0, 0.05) is 18.7 Å². The number of carbonyl (C=O) groups is 1. The van der Waals surface area contributed by atoms with Crippen molar-refractivity contribution in [3.8, 4) is 11.3 Å². The van der Waals surface area contributed by atoms with E-state index in [0.717, 1.165) is 6.42 Å². The Morgan fingerprint density at radius 1 is 1.36 bits per heavy atom. The van der Waals surface area contributed by atoms with Crippen molar-refractivity contribution in [1.29, 1.82) is 0 Å². The average molecular weight is 341 g/mol. The van der Waals surface area contributed by atoms with Crippen LogP contribution in [0.5, 0.6) is 0 Å². The summed E-state index contributed by atoms with van der Waals surface area (Å²) in [4.78, 5) is 18.9. The summed E-state index contributed by atoms with van der Waals surface area (Å²) in [7, 11) is 0. The molecule has 3 aromatic rings. The number of aromatic amines is 1. The number of H-pyrrole nitrogens is 1. The molecule has 2 aromatic heterocycles. The third-order valence-electron chi connectivity index (χ3n) is 4.37. The number of nitrogens with one attached hydrogen (secondary N) is 1. The van der Waals surface area contributed by atoms with Gasteiger partial charge in [-0.15, -0.1) is 0 Å². The van der Waals surface area contributed by atoms with E-state index in [1.807, 2.05) is 0 Å². The van der Waals surface area contributed by atoms with Gasteiger partial charge in [-0.1, -0.05) is 5.16 Å². The molecule has 0 bridgehead atoms. The van der Waals surface area contributed by atoms with Crippen LogP contribution in [0.4, 0.5) is 4.39 Å². The highest BCUT2D eigenvalue weighted by atomic mass is 19.1. The van der Waals surface area contributed by atoms with Crippen molar-refractivity contribution in [3.05, 3.63) is 53.6 Å². The second-order valence-electron chi connectivity index (χ2n) is 6.08. The minimum Gasteiger partial charge on any atom is -0.339 e. The lowest BCUT2D eigenvalue weighted by atomic mass is 10.1. The fourth-order valence-electron chi connectivity index (χ4n) is 3.08. The number of hydrogen-bond acceptors (Lipinski definition) is 5. The first-order valence-electron chi connectivity index (χ1n) is 8.00. The number of amides is 1. The molecule has 0 radical (unpaired) electrons. The van der Waals surface area contributed by atoms with Crippen molar-refractivity contribution in [2.24, 2.45) is 0 Å². The maximum Gasteiger partial charge on any atom is 0.257 e. The number of nitrogens with zero attached hydrogens (tertiary/aromatic N) is 4. The Kier molecular flexibility index (Phi) is 3.79. The molecule has 1 fully saturated rings. The first-order valence-corrected chi connectivity index (χ1v) is 8.00. The number of rotatable bonds is 3. The molecule has 3 heterocycles. The van der Waals surface area contributed by atoms with E-state index in [2.05, 4.69) is 20.3 Å². The molecule has 128 valence electrons. The van der Waals surface area contributed by atoms with E-state index < -0.39 is 0 Å². The Balaban J connectivity index is 1.54. The normalized spacial score (nSPS) is 17.2. The molecule has 7 nitrogen and oxygen atoms in total. The summed E-state index contributed by atoms with van der Waals surface area (Å²) in [6, 6.07) is 5.95. The van der Waals surface area contributed by atoms with Gasteiger partial charge in [0.25, 0.3) is 5.91 Å². The third-order valence-corrected chi connectivity index (χ3v) is 4.37. The number of aromatic nitrogens is 4. The van der Waals surface area contributed by atoms with Crippen LogP contribution in [0, 0.1) is 12.7 Å². The lowest BCUT2D eigenvalue weighted by Gasteiger charge is -2.15. The number of carbonyl (C=O) groups excluding carboxylic acids is 1. The Bertz CT molecular complexity index is 902. The molecule has 1 saturated heterocycles. The Hall–Kier alpha value is -3.03. The fraction of sp³-hybridized carbons (Fsp3) is 0.294. The minimum absolute atomic E-state index is 0.0475. The van der Waals surface area contributed by atoms with Gasteiger partial charge in [-0.25, -0.2) is 4.39 Å². The van der Waals surface area contributed by atoms with Crippen LogP contribution >= 0.6 is 0 Å². The van der Waals surface area contributed by atoms with E-state index in [9.17, 15) is 9.18 Å². The maximum atomic E-state index is 13.1. The van der Waals surface area contributed by atoms with Crippen LogP contribution in [0.25, 0.3) is 11.3 Å². The van der Waals surface area contributed by atoms with E-state index in [-0.39, 0.29) is 17.6 Å². The molecular weight excluding hydrogens is 325 g/mol. The van der Waals surface area contributed by atoms with Gasteiger partial charge < -0.3 is 9.42 Å². The molecule has 0 spiro atoms. The molecule has 1 aromatic carbocycles. The SMILES string of the molecule is Cc1noc(C2CCN(C(=O)c3cn[nH]c3-c3ccc(F)cc3)C2)n1. The van der Waals surface area contributed by atoms with Crippen LogP contribution in [0.2, 0.25) is 0 Å². The highest BCUT2D eigenvalue weighted by Crippen LogP contribution is 2.29. The zero-order valence-electron chi connectivity index (χ0n) is 13.6. The summed E-state index contributed by atoms with van der Waals surface area (Å²) in [6.45, 7) is 2.90. The fourth-order valence-corrected chi connectivity index (χ4v) is 3.08. The van der Waals surface area contributed by atoms with Crippen molar-refractivity contribution >= 4 is 5.91 Å². The van der Waals surface area contributed by atoms with Gasteiger partial charge >= 0.3 is 0 Å². The standard InChI is InChI=1S/C17H16FN5O2/c1-10-20-16(25-22-10)12-6-7-23(9-12)17(24)14-8-19-21-15(14)11-2-4-13(18)5-3-11/h2-5,8,12H,6-7,9H2,1H3,(H,19,21). The predicted molar refractivity (Wildman–Crippen MR) is 86.3 cm³/mol. The van der Waals surface area contributed by atoms with Crippen LogP contribution < -0.4 is 0 Å².